The number of hydrogen-bond donors (Lipinski definition) is 2. The van der Waals surface area contributed by atoms with Crippen LogP contribution in [0.1, 0.15) is 42.6 Å². The van der Waals surface area contributed by atoms with E-state index in [9.17, 15) is 4.79 Å². The third kappa shape index (κ3) is 3.18. The highest BCUT2D eigenvalue weighted by atomic mass is 16.1. The van der Waals surface area contributed by atoms with Gasteiger partial charge in [0.05, 0.1) is 0 Å². The second-order valence-corrected chi connectivity index (χ2v) is 5.26. The molecule has 2 aromatic carbocycles. The van der Waals surface area contributed by atoms with Gasteiger partial charge in [-0.25, -0.2) is 0 Å². The van der Waals surface area contributed by atoms with E-state index in [1.165, 1.54) is 12.5 Å². The Balaban J connectivity index is 2.28. The predicted octanol–water partition coefficient (Wildman–Crippen LogP) is 4.34. The molecule has 0 fully saturated rings. The van der Waals surface area contributed by atoms with Gasteiger partial charge in [-0.2, -0.15) is 0 Å². The van der Waals surface area contributed by atoms with E-state index < -0.39 is 0 Å². The Labute approximate surface area is 119 Å². The maximum atomic E-state index is 11.5. The number of Topliss-reactive ketones (excluding diaryl/α,β-unsaturated/α-hetero) is 1. The number of anilines is 3. The number of nitrogen functional groups attached to an aromatic ring is 1. The van der Waals surface area contributed by atoms with Crippen LogP contribution in [0, 0.1) is 0 Å². The molecule has 0 saturated carbocycles. The Bertz CT molecular complexity index is 633. The van der Waals surface area contributed by atoms with Crippen molar-refractivity contribution in [1.29, 1.82) is 0 Å². The van der Waals surface area contributed by atoms with Gasteiger partial charge < -0.3 is 11.1 Å². The highest BCUT2D eigenvalue weighted by Crippen LogP contribution is 2.24. The molecule has 0 heterocycles. The molecule has 2 aromatic rings. The van der Waals surface area contributed by atoms with Crippen molar-refractivity contribution in [1.82, 2.24) is 0 Å². The van der Waals surface area contributed by atoms with Gasteiger partial charge in [0.25, 0.3) is 0 Å². The minimum Gasteiger partial charge on any atom is -0.398 e. The minimum absolute atomic E-state index is 0.0259. The molecule has 0 amide bonds. The topological polar surface area (TPSA) is 55.1 Å². The molecule has 3 heteroatoms. The molecule has 0 atom stereocenters. The maximum Gasteiger partial charge on any atom is 0.161 e. The number of hydrogen-bond acceptors (Lipinski definition) is 3. The smallest absolute Gasteiger partial charge is 0.161 e. The molecule has 0 unspecified atom stereocenters. The molecule has 0 radical (unpaired) electrons. The van der Waals surface area contributed by atoms with Crippen LogP contribution in [-0.4, -0.2) is 5.78 Å². The Morgan fingerprint density at radius 1 is 1.10 bits per heavy atom. The zero-order valence-electron chi connectivity index (χ0n) is 12.1. The lowest BCUT2D eigenvalue weighted by Gasteiger charge is -2.12. The van der Waals surface area contributed by atoms with E-state index in [4.69, 9.17) is 5.73 Å². The molecule has 3 nitrogen and oxygen atoms in total. The lowest BCUT2D eigenvalue weighted by molar-refractivity contribution is 0.101. The highest BCUT2D eigenvalue weighted by Gasteiger charge is 2.06. The number of nitrogens with two attached hydrogens (primary N) is 1. The van der Waals surface area contributed by atoms with Crippen LogP contribution in [0.5, 0.6) is 0 Å². The van der Waals surface area contributed by atoms with Crippen molar-refractivity contribution in [3.63, 3.8) is 0 Å². The minimum atomic E-state index is -0.0259. The monoisotopic (exact) mass is 268 g/mol. The van der Waals surface area contributed by atoms with E-state index in [0.29, 0.717) is 17.2 Å². The van der Waals surface area contributed by atoms with Gasteiger partial charge in [-0.3, -0.25) is 4.79 Å². The Kier molecular flexibility index (Phi) is 4.08. The molecule has 0 aliphatic rings. The van der Waals surface area contributed by atoms with Crippen molar-refractivity contribution in [2.75, 3.05) is 11.1 Å². The molecule has 0 aromatic heterocycles. The second-order valence-electron chi connectivity index (χ2n) is 5.26. The molecule has 0 aliphatic carbocycles. The Morgan fingerprint density at radius 2 is 1.80 bits per heavy atom. The third-order valence-corrected chi connectivity index (χ3v) is 3.27. The molecule has 20 heavy (non-hydrogen) atoms. The van der Waals surface area contributed by atoms with Crippen molar-refractivity contribution in [3.8, 4) is 0 Å². The van der Waals surface area contributed by atoms with Crippen LogP contribution in [-0.2, 0) is 0 Å². The first-order valence-corrected chi connectivity index (χ1v) is 6.75. The standard InChI is InChI=1S/C17H20N2O/c1-11(2)13-5-4-6-14(9-13)19-15-7-8-17(18)16(10-15)12(3)20/h4-11,19H,18H2,1-3H3. The zero-order valence-corrected chi connectivity index (χ0v) is 12.1. The molecular formula is C17H20N2O. The van der Waals surface area contributed by atoms with Crippen molar-refractivity contribution >= 4 is 22.8 Å². The summed E-state index contributed by atoms with van der Waals surface area (Å²) in [6, 6.07) is 13.7. The Hall–Kier alpha value is -2.29. The van der Waals surface area contributed by atoms with Crippen LogP contribution in [0.4, 0.5) is 17.1 Å². The van der Waals surface area contributed by atoms with Gasteiger partial charge in [0, 0.05) is 22.6 Å². The quantitative estimate of drug-likeness (QED) is 0.640. The van der Waals surface area contributed by atoms with Crippen LogP contribution in [0.15, 0.2) is 42.5 Å². The number of carbonyl (C=O) groups excluding carboxylic acids is 1. The van der Waals surface area contributed by atoms with Crippen LogP contribution < -0.4 is 11.1 Å². The van der Waals surface area contributed by atoms with Crippen molar-refractivity contribution in [2.45, 2.75) is 26.7 Å². The van der Waals surface area contributed by atoms with Gasteiger partial charge >= 0.3 is 0 Å². The van der Waals surface area contributed by atoms with E-state index in [0.717, 1.165) is 11.4 Å². The summed E-state index contributed by atoms with van der Waals surface area (Å²) < 4.78 is 0. The zero-order chi connectivity index (χ0) is 14.7. The summed E-state index contributed by atoms with van der Waals surface area (Å²) in [5.74, 6) is 0.457. The number of benzene rings is 2. The molecule has 0 spiro atoms. The van der Waals surface area contributed by atoms with Gasteiger partial charge in [0.1, 0.15) is 0 Å². The first-order valence-electron chi connectivity index (χ1n) is 6.75. The number of ketones is 1. The molecule has 2 rings (SSSR count). The number of carbonyl (C=O) groups is 1. The molecule has 0 saturated heterocycles. The van der Waals surface area contributed by atoms with E-state index >= 15 is 0 Å². The van der Waals surface area contributed by atoms with E-state index in [-0.39, 0.29) is 5.78 Å². The maximum absolute atomic E-state index is 11.5. The van der Waals surface area contributed by atoms with E-state index in [2.05, 4.69) is 31.3 Å². The van der Waals surface area contributed by atoms with Crippen LogP contribution >= 0.6 is 0 Å². The first-order chi connectivity index (χ1) is 9.47. The lowest BCUT2D eigenvalue weighted by atomic mass is 10.0. The summed E-state index contributed by atoms with van der Waals surface area (Å²) in [4.78, 5) is 11.5. The normalized spacial score (nSPS) is 10.6. The fourth-order valence-corrected chi connectivity index (χ4v) is 2.08. The number of nitrogens with one attached hydrogen (secondary N) is 1. The largest absolute Gasteiger partial charge is 0.398 e. The summed E-state index contributed by atoms with van der Waals surface area (Å²) in [5.41, 5.74) is 10.0. The summed E-state index contributed by atoms with van der Waals surface area (Å²) in [6.07, 6.45) is 0. The van der Waals surface area contributed by atoms with Gasteiger partial charge in [-0.05, 0) is 48.7 Å². The van der Waals surface area contributed by atoms with Gasteiger partial charge in [0.15, 0.2) is 5.78 Å². The van der Waals surface area contributed by atoms with Crippen molar-refractivity contribution < 1.29 is 4.79 Å². The van der Waals surface area contributed by atoms with Crippen molar-refractivity contribution in [3.05, 3.63) is 53.6 Å². The van der Waals surface area contributed by atoms with Gasteiger partial charge in [0.2, 0.25) is 0 Å². The fraction of sp³-hybridized carbons (Fsp3) is 0.235. The number of rotatable bonds is 4. The van der Waals surface area contributed by atoms with Crippen LogP contribution in [0.3, 0.4) is 0 Å². The van der Waals surface area contributed by atoms with E-state index in [1.807, 2.05) is 18.2 Å². The average molecular weight is 268 g/mol. The molecule has 0 bridgehead atoms. The SMILES string of the molecule is CC(=O)c1cc(Nc2cccc(C(C)C)c2)ccc1N. The van der Waals surface area contributed by atoms with Gasteiger partial charge in [-0.1, -0.05) is 26.0 Å². The van der Waals surface area contributed by atoms with Gasteiger partial charge in [-0.15, -0.1) is 0 Å². The van der Waals surface area contributed by atoms with Crippen molar-refractivity contribution in [2.24, 2.45) is 0 Å². The van der Waals surface area contributed by atoms with Crippen LogP contribution in [0.25, 0.3) is 0 Å². The van der Waals surface area contributed by atoms with Crippen LogP contribution in [0.2, 0.25) is 0 Å². The fourth-order valence-electron chi connectivity index (χ4n) is 2.08. The molecular weight excluding hydrogens is 248 g/mol. The summed E-state index contributed by atoms with van der Waals surface area (Å²) >= 11 is 0. The second kappa shape index (κ2) is 5.78. The highest BCUT2D eigenvalue weighted by molar-refractivity contribution is 6.00. The molecule has 0 aliphatic heterocycles. The van der Waals surface area contributed by atoms with E-state index in [1.54, 1.807) is 12.1 Å². The average Bonchev–Trinajstić information content (AvgIpc) is 2.41. The third-order valence-electron chi connectivity index (χ3n) is 3.27. The predicted molar refractivity (Wildman–Crippen MR) is 84.7 cm³/mol. The summed E-state index contributed by atoms with van der Waals surface area (Å²) in [7, 11) is 0. The lowest BCUT2D eigenvalue weighted by Crippen LogP contribution is -2.01. The Morgan fingerprint density at radius 3 is 2.45 bits per heavy atom. The summed E-state index contributed by atoms with van der Waals surface area (Å²) in [6.45, 7) is 5.85. The first kappa shape index (κ1) is 14.1. The molecule has 104 valence electrons. The molecule has 3 N–H and O–H groups in total. The summed E-state index contributed by atoms with van der Waals surface area (Å²) in [5, 5.41) is 3.31.